The van der Waals surface area contributed by atoms with Crippen LogP contribution in [-0.2, 0) is 4.74 Å². The number of carbonyl (C=O) groups excluding carboxylic acids is 1. The molecule has 1 spiro atoms. The van der Waals surface area contributed by atoms with Crippen molar-refractivity contribution < 1.29 is 14.6 Å². The van der Waals surface area contributed by atoms with Gasteiger partial charge in [-0.2, -0.15) is 0 Å². The number of ether oxygens (including phenoxy) is 1. The van der Waals surface area contributed by atoms with Gasteiger partial charge >= 0.3 is 6.09 Å². The van der Waals surface area contributed by atoms with Crippen molar-refractivity contribution in [2.45, 2.75) is 64.6 Å². The van der Waals surface area contributed by atoms with Crippen molar-refractivity contribution >= 4 is 6.09 Å². The largest absolute Gasteiger partial charge is 0.444 e. The van der Waals surface area contributed by atoms with Crippen molar-refractivity contribution in [3.63, 3.8) is 0 Å². The minimum atomic E-state index is -0.434. The van der Waals surface area contributed by atoms with Crippen LogP contribution >= 0.6 is 0 Å². The number of likely N-dealkylation sites (tertiary alicyclic amines) is 1. The standard InChI is InChI=1S/C14H25NO3/c1-13(2,3)18-12(17)15-8-4-6-14(10-15)7-5-11(16)9-14/h11,16H,4-10H2,1-3H3/t11-,14+/m1/s1. The van der Waals surface area contributed by atoms with E-state index >= 15 is 0 Å². The van der Waals surface area contributed by atoms with Crippen LogP contribution in [-0.4, -0.2) is 40.9 Å². The number of nitrogens with zero attached hydrogens (tertiary/aromatic N) is 1. The predicted octanol–water partition coefficient (Wildman–Crippen LogP) is 2.55. The minimum absolute atomic E-state index is 0.147. The molecule has 0 bridgehead atoms. The van der Waals surface area contributed by atoms with Crippen molar-refractivity contribution in [3.05, 3.63) is 0 Å². The molecule has 104 valence electrons. The van der Waals surface area contributed by atoms with E-state index in [1.165, 1.54) is 0 Å². The van der Waals surface area contributed by atoms with Gasteiger partial charge in [0.15, 0.2) is 0 Å². The highest BCUT2D eigenvalue weighted by Gasteiger charge is 2.43. The molecule has 1 heterocycles. The van der Waals surface area contributed by atoms with Crippen LogP contribution in [0.2, 0.25) is 0 Å². The summed E-state index contributed by atoms with van der Waals surface area (Å²) in [7, 11) is 0. The first-order chi connectivity index (χ1) is 8.30. The number of hydrogen-bond acceptors (Lipinski definition) is 3. The highest BCUT2D eigenvalue weighted by Crippen LogP contribution is 2.45. The number of amides is 1. The molecule has 1 saturated carbocycles. The molecule has 2 atom stereocenters. The molecule has 1 aliphatic carbocycles. The van der Waals surface area contributed by atoms with Gasteiger partial charge in [-0.15, -0.1) is 0 Å². The fourth-order valence-corrected chi connectivity index (χ4v) is 3.24. The zero-order valence-electron chi connectivity index (χ0n) is 11.7. The summed E-state index contributed by atoms with van der Waals surface area (Å²) < 4.78 is 5.43. The molecule has 18 heavy (non-hydrogen) atoms. The van der Waals surface area contributed by atoms with E-state index in [2.05, 4.69) is 0 Å². The Morgan fingerprint density at radius 1 is 1.39 bits per heavy atom. The van der Waals surface area contributed by atoms with Gasteiger partial charge in [-0.3, -0.25) is 0 Å². The first-order valence-corrected chi connectivity index (χ1v) is 6.96. The molecule has 2 rings (SSSR count). The fraction of sp³-hybridized carbons (Fsp3) is 0.929. The van der Waals surface area contributed by atoms with Gasteiger partial charge in [0.25, 0.3) is 0 Å². The topological polar surface area (TPSA) is 49.8 Å². The lowest BCUT2D eigenvalue weighted by atomic mass is 9.78. The fourth-order valence-electron chi connectivity index (χ4n) is 3.24. The third kappa shape index (κ3) is 3.16. The van der Waals surface area contributed by atoms with E-state index in [1.54, 1.807) is 0 Å². The molecule has 1 amide bonds. The molecule has 0 unspecified atom stereocenters. The van der Waals surface area contributed by atoms with E-state index in [9.17, 15) is 9.90 Å². The molecule has 4 heteroatoms. The summed E-state index contributed by atoms with van der Waals surface area (Å²) in [4.78, 5) is 13.9. The second-order valence-corrected chi connectivity index (χ2v) is 6.90. The molecule has 1 aliphatic heterocycles. The van der Waals surface area contributed by atoms with E-state index < -0.39 is 5.60 Å². The molecule has 4 nitrogen and oxygen atoms in total. The van der Waals surface area contributed by atoms with Crippen LogP contribution in [0.3, 0.4) is 0 Å². The average molecular weight is 255 g/mol. The number of aliphatic hydroxyl groups excluding tert-OH is 1. The lowest BCUT2D eigenvalue weighted by Crippen LogP contribution is -2.47. The number of aliphatic hydroxyl groups is 1. The maximum atomic E-state index is 12.1. The Labute approximate surface area is 109 Å². The number of rotatable bonds is 0. The molecule has 0 aromatic rings. The third-order valence-electron chi connectivity index (χ3n) is 3.99. The summed E-state index contributed by atoms with van der Waals surface area (Å²) in [5.41, 5.74) is -0.286. The van der Waals surface area contributed by atoms with Crippen molar-refractivity contribution in [2.24, 2.45) is 5.41 Å². The number of carbonyl (C=O) groups is 1. The SMILES string of the molecule is CC(C)(C)OC(=O)N1CCC[C@@]2(CC[C@@H](O)C2)C1. The molecule has 2 fully saturated rings. The van der Waals surface area contributed by atoms with Crippen LogP contribution < -0.4 is 0 Å². The van der Waals surface area contributed by atoms with E-state index in [-0.39, 0.29) is 17.6 Å². The van der Waals surface area contributed by atoms with Crippen LogP contribution in [0.1, 0.15) is 52.9 Å². The highest BCUT2D eigenvalue weighted by molar-refractivity contribution is 5.68. The Morgan fingerprint density at radius 2 is 2.11 bits per heavy atom. The predicted molar refractivity (Wildman–Crippen MR) is 69.3 cm³/mol. The first kappa shape index (κ1) is 13.7. The molecule has 1 N–H and O–H groups in total. The highest BCUT2D eigenvalue weighted by atomic mass is 16.6. The Bertz CT molecular complexity index is 319. The van der Waals surface area contributed by atoms with Gasteiger partial charge in [0.05, 0.1) is 6.10 Å². The summed E-state index contributed by atoms with van der Waals surface area (Å²) in [6.07, 6.45) is 4.52. The second-order valence-electron chi connectivity index (χ2n) is 6.90. The van der Waals surface area contributed by atoms with Gasteiger partial charge in [-0.1, -0.05) is 0 Å². The molecule has 0 aromatic heterocycles. The lowest BCUT2D eigenvalue weighted by Gasteiger charge is -2.40. The molecular weight excluding hydrogens is 230 g/mol. The summed E-state index contributed by atoms with van der Waals surface area (Å²) >= 11 is 0. The Balaban J connectivity index is 1.97. The molecule has 1 saturated heterocycles. The van der Waals surface area contributed by atoms with Crippen molar-refractivity contribution in [1.82, 2.24) is 4.90 Å². The van der Waals surface area contributed by atoms with Gasteiger partial charge in [-0.05, 0) is 58.3 Å². The summed E-state index contributed by atoms with van der Waals surface area (Å²) in [5.74, 6) is 0. The van der Waals surface area contributed by atoms with Gasteiger partial charge in [0.1, 0.15) is 5.60 Å². The van der Waals surface area contributed by atoms with E-state index in [1.807, 2.05) is 25.7 Å². The Hall–Kier alpha value is -0.770. The van der Waals surface area contributed by atoms with Gasteiger partial charge in [0.2, 0.25) is 0 Å². The van der Waals surface area contributed by atoms with Crippen LogP contribution in [0.25, 0.3) is 0 Å². The number of hydrogen-bond donors (Lipinski definition) is 1. The zero-order valence-corrected chi connectivity index (χ0v) is 11.7. The lowest BCUT2D eigenvalue weighted by molar-refractivity contribution is 0.00279. The van der Waals surface area contributed by atoms with Crippen LogP contribution in [0.5, 0.6) is 0 Å². The van der Waals surface area contributed by atoms with Crippen LogP contribution in [0, 0.1) is 5.41 Å². The maximum absolute atomic E-state index is 12.1. The third-order valence-corrected chi connectivity index (χ3v) is 3.99. The minimum Gasteiger partial charge on any atom is -0.444 e. The Morgan fingerprint density at radius 3 is 2.67 bits per heavy atom. The molecule has 0 aromatic carbocycles. The summed E-state index contributed by atoms with van der Waals surface area (Å²) in [6, 6.07) is 0. The van der Waals surface area contributed by atoms with Crippen molar-refractivity contribution in [3.8, 4) is 0 Å². The maximum Gasteiger partial charge on any atom is 0.410 e. The molecule has 2 aliphatic rings. The molecule has 0 radical (unpaired) electrons. The van der Waals surface area contributed by atoms with Crippen LogP contribution in [0.15, 0.2) is 0 Å². The average Bonchev–Trinajstić information content (AvgIpc) is 2.57. The quantitative estimate of drug-likeness (QED) is 0.723. The van der Waals surface area contributed by atoms with Crippen LogP contribution in [0.4, 0.5) is 4.79 Å². The van der Waals surface area contributed by atoms with E-state index in [0.29, 0.717) is 0 Å². The Kier molecular flexibility index (Phi) is 3.58. The van der Waals surface area contributed by atoms with Gasteiger partial charge < -0.3 is 14.7 Å². The van der Waals surface area contributed by atoms with E-state index in [0.717, 1.165) is 45.2 Å². The smallest absolute Gasteiger partial charge is 0.410 e. The normalized spacial score (nSPS) is 32.9. The summed E-state index contributed by atoms with van der Waals surface area (Å²) in [5, 5.41) is 9.72. The van der Waals surface area contributed by atoms with Crippen molar-refractivity contribution in [1.29, 1.82) is 0 Å². The second kappa shape index (κ2) is 4.72. The summed E-state index contributed by atoms with van der Waals surface area (Å²) in [6.45, 7) is 7.21. The zero-order chi connectivity index (χ0) is 13.4. The molecular formula is C14H25NO3. The van der Waals surface area contributed by atoms with Gasteiger partial charge in [0, 0.05) is 13.1 Å². The van der Waals surface area contributed by atoms with Crippen molar-refractivity contribution in [2.75, 3.05) is 13.1 Å². The van der Waals surface area contributed by atoms with Gasteiger partial charge in [-0.25, -0.2) is 4.79 Å². The monoisotopic (exact) mass is 255 g/mol. The van der Waals surface area contributed by atoms with E-state index in [4.69, 9.17) is 4.74 Å². The number of piperidine rings is 1. The first-order valence-electron chi connectivity index (χ1n) is 6.96.